The maximum atomic E-state index is 13.7. The molecule has 0 spiro atoms. The number of amides is 2. The van der Waals surface area contributed by atoms with Crippen molar-refractivity contribution < 1.29 is 14.3 Å². The zero-order valence-corrected chi connectivity index (χ0v) is 23.7. The number of aromatic nitrogens is 2. The fourth-order valence-electron chi connectivity index (χ4n) is 5.10. The van der Waals surface area contributed by atoms with Gasteiger partial charge < -0.3 is 19.4 Å². The van der Waals surface area contributed by atoms with Gasteiger partial charge in [0.25, 0.3) is 5.91 Å². The second kappa shape index (κ2) is 12.6. The highest BCUT2D eigenvalue weighted by Crippen LogP contribution is 2.25. The highest BCUT2D eigenvalue weighted by molar-refractivity contribution is 5.98. The van der Waals surface area contributed by atoms with E-state index < -0.39 is 0 Å². The third kappa shape index (κ3) is 6.38. The minimum Gasteiger partial charge on any atom is -0.497 e. The first-order valence-electron chi connectivity index (χ1n) is 13.9. The van der Waals surface area contributed by atoms with E-state index in [0.717, 1.165) is 34.0 Å². The summed E-state index contributed by atoms with van der Waals surface area (Å²) in [5.74, 6) is 1.38. The number of nitrogens with zero attached hydrogens (tertiary/aromatic N) is 5. The summed E-state index contributed by atoms with van der Waals surface area (Å²) in [5, 5.41) is 8.87. The second-order valence-corrected chi connectivity index (χ2v) is 10.2. The summed E-state index contributed by atoms with van der Waals surface area (Å²) < 4.78 is 5.23. The lowest BCUT2D eigenvalue weighted by atomic mass is 10.0. The molecule has 1 saturated heterocycles. The van der Waals surface area contributed by atoms with Crippen LogP contribution in [-0.2, 0) is 4.79 Å². The number of benzene rings is 3. The fourth-order valence-corrected chi connectivity index (χ4v) is 5.10. The summed E-state index contributed by atoms with van der Waals surface area (Å²) in [5.41, 5.74) is 4.25. The molecule has 8 heteroatoms. The molecule has 5 rings (SSSR count). The van der Waals surface area contributed by atoms with Crippen LogP contribution in [0.5, 0.6) is 5.75 Å². The Kier molecular flexibility index (Phi) is 8.58. The number of hydrogen-bond acceptors (Lipinski definition) is 6. The van der Waals surface area contributed by atoms with Crippen molar-refractivity contribution in [3.05, 3.63) is 108 Å². The summed E-state index contributed by atoms with van der Waals surface area (Å²) >= 11 is 0. The standard InChI is InChI=1S/C33H35N5O3/c1-24-9-7-8-12-29(24)33(40)38(25(2)26-10-5-4-6-11-26)23-32(39)37-21-19-36(20-22-37)31-18-17-30(34-35-31)27-13-15-28(41-3)16-14-27/h4-18,25H,19-23H2,1-3H3/t25-/m1/s1. The Morgan fingerprint density at radius 3 is 2.17 bits per heavy atom. The molecular formula is C33H35N5O3. The number of rotatable bonds is 8. The minimum atomic E-state index is -0.256. The van der Waals surface area contributed by atoms with Gasteiger partial charge >= 0.3 is 0 Å². The molecular weight excluding hydrogens is 514 g/mol. The smallest absolute Gasteiger partial charge is 0.255 e. The Labute approximate surface area is 241 Å². The molecule has 1 fully saturated rings. The minimum absolute atomic E-state index is 0.0135. The molecule has 2 amide bonds. The summed E-state index contributed by atoms with van der Waals surface area (Å²) in [6.45, 7) is 6.29. The normalized spacial score (nSPS) is 13.9. The molecule has 1 aromatic heterocycles. The second-order valence-electron chi connectivity index (χ2n) is 10.2. The summed E-state index contributed by atoms with van der Waals surface area (Å²) in [7, 11) is 1.64. The van der Waals surface area contributed by atoms with E-state index in [9.17, 15) is 9.59 Å². The van der Waals surface area contributed by atoms with Crippen molar-refractivity contribution in [2.75, 3.05) is 44.7 Å². The highest BCUT2D eigenvalue weighted by Gasteiger charge is 2.29. The maximum absolute atomic E-state index is 13.7. The van der Waals surface area contributed by atoms with Crippen molar-refractivity contribution in [1.82, 2.24) is 20.0 Å². The largest absolute Gasteiger partial charge is 0.497 e. The predicted molar refractivity (Wildman–Crippen MR) is 160 cm³/mol. The van der Waals surface area contributed by atoms with Crippen LogP contribution in [0.1, 0.15) is 34.5 Å². The number of carbonyl (C=O) groups excluding carboxylic acids is 2. The van der Waals surface area contributed by atoms with Gasteiger partial charge in [-0.2, -0.15) is 0 Å². The predicted octanol–water partition coefficient (Wildman–Crippen LogP) is 5.01. The van der Waals surface area contributed by atoms with Crippen molar-refractivity contribution in [2.45, 2.75) is 19.9 Å². The van der Waals surface area contributed by atoms with Gasteiger partial charge in [-0.3, -0.25) is 9.59 Å². The molecule has 0 saturated carbocycles. The van der Waals surface area contributed by atoms with Gasteiger partial charge in [0.2, 0.25) is 5.91 Å². The molecule has 41 heavy (non-hydrogen) atoms. The number of aryl methyl sites for hydroxylation is 1. The lowest BCUT2D eigenvalue weighted by molar-refractivity contribution is -0.132. The Hall–Kier alpha value is -4.72. The van der Waals surface area contributed by atoms with Gasteiger partial charge in [-0.25, -0.2) is 0 Å². The zero-order chi connectivity index (χ0) is 28.8. The molecule has 210 valence electrons. The van der Waals surface area contributed by atoms with Crippen molar-refractivity contribution in [3.8, 4) is 17.0 Å². The molecule has 1 aliphatic rings. The van der Waals surface area contributed by atoms with Crippen LogP contribution in [0.4, 0.5) is 5.82 Å². The quantitative estimate of drug-likeness (QED) is 0.307. The van der Waals surface area contributed by atoms with Gasteiger partial charge in [0, 0.05) is 37.3 Å². The lowest BCUT2D eigenvalue weighted by Gasteiger charge is -2.37. The monoisotopic (exact) mass is 549 g/mol. The first kappa shape index (κ1) is 27.8. The summed E-state index contributed by atoms with van der Waals surface area (Å²) in [6, 6.07) is 28.8. The van der Waals surface area contributed by atoms with Crippen LogP contribution < -0.4 is 9.64 Å². The molecule has 3 aromatic carbocycles. The van der Waals surface area contributed by atoms with Gasteiger partial charge in [0.05, 0.1) is 18.8 Å². The van der Waals surface area contributed by atoms with E-state index in [0.29, 0.717) is 31.7 Å². The molecule has 1 atom stereocenters. The zero-order valence-electron chi connectivity index (χ0n) is 23.7. The van der Waals surface area contributed by atoms with Crippen LogP contribution in [0.3, 0.4) is 0 Å². The summed E-state index contributed by atoms with van der Waals surface area (Å²) in [4.78, 5) is 32.9. The molecule has 8 nitrogen and oxygen atoms in total. The Morgan fingerprint density at radius 2 is 1.54 bits per heavy atom. The highest BCUT2D eigenvalue weighted by atomic mass is 16.5. The molecule has 0 N–H and O–H groups in total. The molecule has 1 aliphatic heterocycles. The van der Waals surface area contributed by atoms with Gasteiger partial charge in [0.1, 0.15) is 12.3 Å². The van der Waals surface area contributed by atoms with Crippen molar-refractivity contribution >= 4 is 17.6 Å². The van der Waals surface area contributed by atoms with Gasteiger partial charge in [-0.05, 0) is 67.4 Å². The number of methoxy groups -OCH3 is 1. The third-order valence-electron chi connectivity index (χ3n) is 7.68. The first-order valence-corrected chi connectivity index (χ1v) is 13.9. The van der Waals surface area contributed by atoms with Crippen LogP contribution in [0, 0.1) is 6.92 Å². The molecule has 0 radical (unpaired) electrons. The summed E-state index contributed by atoms with van der Waals surface area (Å²) in [6.07, 6.45) is 0. The van der Waals surface area contributed by atoms with Gasteiger partial charge in [0.15, 0.2) is 5.82 Å². The number of hydrogen-bond donors (Lipinski definition) is 0. The third-order valence-corrected chi connectivity index (χ3v) is 7.68. The number of carbonyl (C=O) groups is 2. The molecule has 0 aliphatic carbocycles. The Bertz CT molecular complexity index is 1470. The van der Waals surface area contributed by atoms with Crippen molar-refractivity contribution in [2.24, 2.45) is 0 Å². The van der Waals surface area contributed by atoms with Crippen molar-refractivity contribution in [1.29, 1.82) is 0 Å². The topological polar surface area (TPSA) is 78.9 Å². The van der Waals surface area contributed by atoms with E-state index in [1.807, 2.05) is 110 Å². The van der Waals surface area contributed by atoms with E-state index in [4.69, 9.17) is 4.74 Å². The maximum Gasteiger partial charge on any atom is 0.255 e. The molecule has 0 unspecified atom stereocenters. The SMILES string of the molecule is COc1ccc(-c2ccc(N3CCN(C(=O)CN(C(=O)c4ccccc4C)[C@H](C)c4ccccc4)CC3)nn2)cc1. The fraction of sp³-hybridized carbons (Fsp3) is 0.273. The van der Waals surface area contributed by atoms with E-state index in [1.165, 1.54) is 0 Å². The number of ether oxygens (including phenoxy) is 1. The van der Waals surface area contributed by atoms with Crippen LogP contribution in [0.15, 0.2) is 91.0 Å². The van der Waals surface area contributed by atoms with Crippen LogP contribution >= 0.6 is 0 Å². The molecule has 4 aromatic rings. The number of anilines is 1. The number of piperazine rings is 1. The Morgan fingerprint density at radius 1 is 0.854 bits per heavy atom. The van der Waals surface area contributed by atoms with E-state index in [2.05, 4.69) is 15.1 Å². The first-order chi connectivity index (χ1) is 19.9. The lowest BCUT2D eigenvalue weighted by Crippen LogP contribution is -2.52. The van der Waals surface area contributed by atoms with E-state index in [1.54, 1.807) is 12.0 Å². The molecule has 2 heterocycles. The Balaban J connectivity index is 1.24. The van der Waals surface area contributed by atoms with Crippen LogP contribution in [-0.4, -0.2) is 71.6 Å². The van der Waals surface area contributed by atoms with Crippen LogP contribution in [0.25, 0.3) is 11.3 Å². The van der Waals surface area contributed by atoms with Crippen molar-refractivity contribution in [3.63, 3.8) is 0 Å². The average Bonchev–Trinajstić information content (AvgIpc) is 3.04. The van der Waals surface area contributed by atoms with E-state index in [-0.39, 0.29) is 24.4 Å². The van der Waals surface area contributed by atoms with Crippen LogP contribution in [0.2, 0.25) is 0 Å². The van der Waals surface area contributed by atoms with Gasteiger partial charge in [-0.1, -0.05) is 48.5 Å². The average molecular weight is 550 g/mol. The van der Waals surface area contributed by atoms with Gasteiger partial charge in [-0.15, -0.1) is 10.2 Å². The molecule has 0 bridgehead atoms. The van der Waals surface area contributed by atoms with E-state index >= 15 is 0 Å².